The van der Waals surface area contributed by atoms with Gasteiger partial charge in [0.05, 0.1) is 21.2 Å². The number of benzene rings is 1. The number of nitriles is 1. The summed E-state index contributed by atoms with van der Waals surface area (Å²) in [6.07, 6.45) is -3.36. The molecule has 126 valence electrons. The zero-order valence-electron chi connectivity index (χ0n) is 12.8. The first-order chi connectivity index (χ1) is 11.9. The van der Waals surface area contributed by atoms with Gasteiger partial charge in [-0.3, -0.25) is 0 Å². The van der Waals surface area contributed by atoms with Crippen molar-refractivity contribution in [2.24, 2.45) is 0 Å². The Morgan fingerprint density at radius 2 is 1.92 bits per heavy atom. The van der Waals surface area contributed by atoms with E-state index in [-0.39, 0.29) is 10.5 Å². The number of allylic oxidation sites excluding steroid dienone is 1. The van der Waals surface area contributed by atoms with Crippen molar-refractivity contribution in [2.45, 2.75) is 13.1 Å². The molecule has 0 N–H and O–H groups in total. The molecular weight excluding hydrogens is 367 g/mol. The summed E-state index contributed by atoms with van der Waals surface area (Å²) < 4.78 is 39.2. The quantitative estimate of drug-likeness (QED) is 0.554. The first-order valence-corrected chi connectivity index (χ1v) is 8.76. The highest BCUT2D eigenvalue weighted by Crippen LogP contribution is 2.36. The fourth-order valence-corrected chi connectivity index (χ4v) is 3.87. The van der Waals surface area contributed by atoms with Gasteiger partial charge in [0.1, 0.15) is 11.1 Å². The summed E-state index contributed by atoms with van der Waals surface area (Å²) >= 11 is 2.23. The molecule has 1 aromatic carbocycles. The highest BCUT2D eigenvalue weighted by Gasteiger charge is 2.36. The van der Waals surface area contributed by atoms with Crippen molar-refractivity contribution in [1.29, 1.82) is 5.26 Å². The van der Waals surface area contributed by atoms with Gasteiger partial charge in [0.15, 0.2) is 5.69 Å². The van der Waals surface area contributed by atoms with Crippen LogP contribution in [0, 0.1) is 18.3 Å². The van der Waals surface area contributed by atoms with Gasteiger partial charge in [-0.1, -0.05) is 30.3 Å². The van der Waals surface area contributed by atoms with Gasteiger partial charge in [-0.05, 0) is 13.0 Å². The lowest BCUT2D eigenvalue weighted by molar-refractivity contribution is -0.140. The second-order valence-electron chi connectivity index (χ2n) is 5.02. The summed E-state index contributed by atoms with van der Waals surface area (Å²) in [7, 11) is 0. The molecular formula is C17H10F3N3S2. The van der Waals surface area contributed by atoms with E-state index < -0.39 is 11.9 Å². The summed E-state index contributed by atoms with van der Waals surface area (Å²) in [6, 6.07) is 11.3. The van der Waals surface area contributed by atoms with Gasteiger partial charge >= 0.3 is 6.18 Å². The third kappa shape index (κ3) is 3.78. The fourth-order valence-electron chi connectivity index (χ4n) is 2.15. The van der Waals surface area contributed by atoms with E-state index >= 15 is 0 Å². The molecule has 0 bridgehead atoms. The van der Waals surface area contributed by atoms with Crippen LogP contribution in [0.5, 0.6) is 0 Å². The molecule has 0 saturated heterocycles. The summed E-state index contributed by atoms with van der Waals surface area (Å²) in [5.41, 5.74) is 0.347. The van der Waals surface area contributed by atoms with E-state index in [1.165, 1.54) is 24.3 Å². The number of hydrogen-bond acceptors (Lipinski definition) is 5. The van der Waals surface area contributed by atoms with Gasteiger partial charge in [-0.25, -0.2) is 9.97 Å². The summed E-state index contributed by atoms with van der Waals surface area (Å²) in [5, 5.41) is 12.0. The molecule has 25 heavy (non-hydrogen) atoms. The first kappa shape index (κ1) is 17.3. The number of rotatable bonds is 3. The van der Waals surface area contributed by atoms with Crippen LogP contribution in [0.15, 0.2) is 35.7 Å². The van der Waals surface area contributed by atoms with Crippen LogP contribution in [0.3, 0.4) is 0 Å². The molecule has 2 aromatic heterocycles. The SMILES string of the molecule is Cc1nc(C(F)(F)F)c(C=C(C#N)c2csc(-c3ccccc3)n2)s1. The minimum atomic E-state index is -4.56. The Kier molecular flexibility index (Phi) is 4.70. The smallest absolute Gasteiger partial charge is 0.236 e. The van der Waals surface area contributed by atoms with Crippen LogP contribution in [0.25, 0.3) is 22.2 Å². The van der Waals surface area contributed by atoms with E-state index in [9.17, 15) is 18.4 Å². The molecule has 2 heterocycles. The molecule has 0 amide bonds. The van der Waals surface area contributed by atoms with E-state index in [0.717, 1.165) is 16.9 Å². The van der Waals surface area contributed by atoms with E-state index in [1.54, 1.807) is 5.38 Å². The number of thiazole rings is 2. The van der Waals surface area contributed by atoms with Gasteiger partial charge in [0.25, 0.3) is 0 Å². The Morgan fingerprint density at radius 1 is 1.20 bits per heavy atom. The predicted molar refractivity (Wildman–Crippen MR) is 92.9 cm³/mol. The van der Waals surface area contributed by atoms with Crippen LogP contribution in [-0.4, -0.2) is 9.97 Å². The molecule has 3 aromatic rings. The van der Waals surface area contributed by atoms with Crippen LogP contribution in [0.2, 0.25) is 0 Å². The zero-order valence-corrected chi connectivity index (χ0v) is 14.5. The van der Waals surface area contributed by atoms with Crippen molar-refractivity contribution in [2.75, 3.05) is 0 Å². The van der Waals surface area contributed by atoms with Crippen LogP contribution in [-0.2, 0) is 6.18 Å². The number of halogens is 3. The highest BCUT2D eigenvalue weighted by molar-refractivity contribution is 7.13. The lowest BCUT2D eigenvalue weighted by atomic mass is 10.2. The molecule has 0 radical (unpaired) electrons. The highest BCUT2D eigenvalue weighted by atomic mass is 32.1. The molecule has 0 spiro atoms. The maximum Gasteiger partial charge on any atom is 0.434 e. The number of nitrogens with zero attached hydrogens (tertiary/aromatic N) is 3. The van der Waals surface area contributed by atoms with Crippen molar-refractivity contribution in [1.82, 2.24) is 9.97 Å². The van der Waals surface area contributed by atoms with E-state index in [1.807, 2.05) is 36.4 Å². The van der Waals surface area contributed by atoms with Gasteiger partial charge in [-0.2, -0.15) is 18.4 Å². The van der Waals surface area contributed by atoms with Crippen molar-refractivity contribution in [3.05, 3.63) is 57.0 Å². The van der Waals surface area contributed by atoms with Crippen molar-refractivity contribution >= 4 is 34.3 Å². The molecule has 0 fully saturated rings. The number of hydrogen-bond donors (Lipinski definition) is 0. The van der Waals surface area contributed by atoms with Crippen molar-refractivity contribution in [3.63, 3.8) is 0 Å². The van der Waals surface area contributed by atoms with Crippen molar-refractivity contribution < 1.29 is 13.2 Å². The lowest BCUT2D eigenvalue weighted by Gasteiger charge is -2.03. The molecule has 0 aliphatic carbocycles. The number of aromatic nitrogens is 2. The average Bonchev–Trinajstić information content (AvgIpc) is 3.20. The second-order valence-corrected chi connectivity index (χ2v) is 7.11. The topological polar surface area (TPSA) is 49.6 Å². The van der Waals surface area contributed by atoms with Crippen LogP contribution < -0.4 is 0 Å². The summed E-state index contributed by atoms with van der Waals surface area (Å²) in [4.78, 5) is 7.83. The minimum absolute atomic E-state index is 0.0765. The molecule has 0 aliphatic rings. The standard InChI is InChI=1S/C17H10F3N3S2/c1-10-22-15(17(18,19)20)14(25-10)7-12(8-21)13-9-24-16(23-13)11-5-3-2-4-6-11/h2-7,9H,1H3. The lowest BCUT2D eigenvalue weighted by Crippen LogP contribution is -2.07. The maximum absolute atomic E-state index is 13.1. The third-order valence-electron chi connectivity index (χ3n) is 3.23. The van der Waals surface area contributed by atoms with E-state index in [4.69, 9.17) is 0 Å². The van der Waals surface area contributed by atoms with Gasteiger partial charge < -0.3 is 0 Å². The Hall–Kier alpha value is -2.50. The van der Waals surface area contributed by atoms with Gasteiger partial charge in [0.2, 0.25) is 0 Å². The molecule has 3 rings (SSSR count). The molecule has 0 aliphatic heterocycles. The minimum Gasteiger partial charge on any atom is -0.236 e. The zero-order chi connectivity index (χ0) is 18.0. The Balaban J connectivity index is 2.01. The first-order valence-electron chi connectivity index (χ1n) is 7.06. The molecule has 0 unspecified atom stereocenters. The molecule has 3 nitrogen and oxygen atoms in total. The van der Waals surface area contributed by atoms with Gasteiger partial charge in [-0.15, -0.1) is 22.7 Å². The van der Waals surface area contributed by atoms with Crippen LogP contribution >= 0.6 is 22.7 Å². The maximum atomic E-state index is 13.1. The Bertz CT molecular complexity index is 963. The second kappa shape index (κ2) is 6.78. The normalized spacial score (nSPS) is 12.2. The van der Waals surface area contributed by atoms with E-state index in [0.29, 0.717) is 15.7 Å². The molecule has 8 heteroatoms. The molecule has 0 atom stereocenters. The fraction of sp³-hybridized carbons (Fsp3) is 0.118. The average molecular weight is 377 g/mol. The summed E-state index contributed by atoms with van der Waals surface area (Å²) in [6.45, 7) is 1.50. The van der Waals surface area contributed by atoms with Crippen LogP contribution in [0.4, 0.5) is 13.2 Å². The van der Waals surface area contributed by atoms with E-state index in [2.05, 4.69) is 9.97 Å². The number of aryl methyl sites for hydroxylation is 1. The molecule has 0 saturated carbocycles. The third-order valence-corrected chi connectivity index (χ3v) is 5.03. The van der Waals surface area contributed by atoms with Crippen molar-refractivity contribution in [3.8, 4) is 16.6 Å². The monoisotopic (exact) mass is 377 g/mol. The largest absolute Gasteiger partial charge is 0.434 e. The van der Waals surface area contributed by atoms with Gasteiger partial charge in [0, 0.05) is 10.9 Å². The van der Waals surface area contributed by atoms with Crippen LogP contribution in [0.1, 0.15) is 21.3 Å². The Labute approximate surface area is 149 Å². The Morgan fingerprint density at radius 3 is 2.56 bits per heavy atom. The number of alkyl halides is 3. The predicted octanol–water partition coefficient (Wildman–Crippen LogP) is 5.66. The summed E-state index contributed by atoms with van der Waals surface area (Å²) in [5.74, 6) is 0.